The van der Waals surface area contributed by atoms with Gasteiger partial charge in [0.25, 0.3) is 0 Å². The third kappa shape index (κ3) is 13.4. The van der Waals surface area contributed by atoms with Gasteiger partial charge in [-0.15, -0.1) is 23.2 Å². The maximum absolute atomic E-state index is 10.6. The predicted octanol–water partition coefficient (Wildman–Crippen LogP) is 7.98. The Bertz CT molecular complexity index is 1680. The molecular weight excluding hydrogens is 768 g/mol. The van der Waals surface area contributed by atoms with Gasteiger partial charge in [0.1, 0.15) is 22.8 Å². The first-order valence-electron chi connectivity index (χ1n) is 11.4. The van der Waals surface area contributed by atoms with Crippen molar-refractivity contribution in [2.45, 2.75) is 26.3 Å². The second-order valence-corrected chi connectivity index (χ2v) is 14.7. The standard InChI is InChI=1S/C12H8Cl5N3.C12H8Cl3N3O.H2O4S/c1-6-18-10(20-11(19-6)12(15,16)17)8-4-2-7(3-5-8)9(13)14;1-7-16-10(18-11(17-7)12(13,14)15)9-4-2-8(6-19)3-5-9;1-5(2,3)4/h2-5,9H,1H3;2-6H,1H3;(H2,1,2,3,4). The van der Waals surface area contributed by atoms with E-state index >= 15 is 0 Å². The molecule has 0 amide bonds. The van der Waals surface area contributed by atoms with Crippen LogP contribution in [-0.4, -0.2) is 53.7 Å². The van der Waals surface area contributed by atoms with Crippen LogP contribution in [0, 0.1) is 13.8 Å². The zero-order chi connectivity index (χ0) is 33.5. The Hall–Kier alpha value is -1.68. The SMILES string of the molecule is Cc1nc(-c2ccc(C(Cl)Cl)cc2)nc(C(Cl)(Cl)Cl)n1.Cc1nc(-c2ccc(C=O)cc2)nc(C(Cl)(Cl)Cl)n1.O=S(=O)(O)O. The topological polar surface area (TPSA) is 169 Å². The molecule has 2 N–H and O–H groups in total. The maximum atomic E-state index is 10.6. The van der Waals surface area contributed by atoms with Crippen molar-refractivity contribution in [1.82, 2.24) is 29.9 Å². The Morgan fingerprint density at radius 2 is 1.00 bits per heavy atom. The van der Waals surface area contributed by atoms with Crippen molar-refractivity contribution in [3.8, 4) is 22.8 Å². The lowest BCUT2D eigenvalue weighted by Crippen LogP contribution is -2.11. The Balaban J connectivity index is 0.000000267. The first kappa shape index (κ1) is 38.5. The lowest BCUT2D eigenvalue weighted by atomic mass is 10.1. The summed E-state index contributed by atoms with van der Waals surface area (Å²) >= 11 is 46.3. The second-order valence-electron chi connectivity index (χ2n) is 8.17. The first-order valence-corrected chi connectivity index (χ1v) is 15.9. The van der Waals surface area contributed by atoms with Gasteiger partial charge in [-0.05, 0) is 19.4 Å². The molecule has 236 valence electrons. The molecule has 4 aromatic rings. The first-order chi connectivity index (χ1) is 20.2. The van der Waals surface area contributed by atoms with Gasteiger partial charge in [-0.25, -0.2) is 29.9 Å². The Labute approximate surface area is 291 Å². The highest BCUT2D eigenvalue weighted by Gasteiger charge is 2.29. The van der Waals surface area contributed by atoms with Crippen LogP contribution < -0.4 is 0 Å². The molecule has 44 heavy (non-hydrogen) atoms. The molecule has 2 aromatic carbocycles. The van der Waals surface area contributed by atoms with Gasteiger partial charge in [-0.3, -0.25) is 13.9 Å². The number of carbonyl (C=O) groups is 1. The molecule has 0 aliphatic heterocycles. The van der Waals surface area contributed by atoms with Crippen LogP contribution in [-0.2, 0) is 18.0 Å². The summed E-state index contributed by atoms with van der Waals surface area (Å²) in [6.07, 6.45) is 0.759. The Morgan fingerprint density at radius 1 is 0.659 bits per heavy atom. The molecule has 2 heterocycles. The van der Waals surface area contributed by atoms with Gasteiger partial charge in [0.15, 0.2) is 23.3 Å². The molecular formula is C24H18Cl8N6O5S. The normalized spacial score (nSPS) is 11.7. The Morgan fingerprint density at radius 3 is 1.30 bits per heavy atom. The molecule has 20 heteroatoms. The zero-order valence-corrected chi connectivity index (χ0v) is 28.9. The van der Waals surface area contributed by atoms with Gasteiger partial charge in [-0.2, -0.15) is 8.42 Å². The minimum Gasteiger partial charge on any atom is -0.298 e. The second kappa shape index (κ2) is 16.2. The molecule has 2 aromatic heterocycles. The third-order valence-corrected chi connectivity index (χ3v) is 6.25. The minimum atomic E-state index is -4.67. The largest absolute Gasteiger partial charge is 0.394 e. The molecule has 0 fully saturated rings. The van der Waals surface area contributed by atoms with Crippen molar-refractivity contribution in [2.24, 2.45) is 0 Å². The number of carbonyl (C=O) groups excluding carboxylic acids is 1. The van der Waals surface area contributed by atoms with E-state index in [1.54, 1.807) is 62.4 Å². The van der Waals surface area contributed by atoms with E-state index in [-0.39, 0.29) is 11.6 Å². The van der Waals surface area contributed by atoms with Crippen molar-refractivity contribution in [3.05, 3.63) is 83.0 Å². The number of hydrogen-bond acceptors (Lipinski definition) is 9. The van der Waals surface area contributed by atoms with Gasteiger partial charge < -0.3 is 0 Å². The number of benzene rings is 2. The van der Waals surface area contributed by atoms with Crippen molar-refractivity contribution < 1.29 is 22.3 Å². The highest BCUT2D eigenvalue weighted by Crippen LogP contribution is 2.37. The van der Waals surface area contributed by atoms with Crippen LogP contribution in [0.2, 0.25) is 0 Å². The van der Waals surface area contributed by atoms with E-state index < -0.39 is 22.8 Å². The summed E-state index contributed by atoms with van der Waals surface area (Å²) in [4.78, 5) is 34.7. The van der Waals surface area contributed by atoms with Crippen LogP contribution in [0.4, 0.5) is 0 Å². The van der Waals surface area contributed by atoms with Crippen LogP contribution in [0.3, 0.4) is 0 Å². The maximum Gasteiger partial charge on any atom is 0.394 e. The van der Waals surface area contributed by atoms with Crippen molar-refractivity contribution >= 4 is 109 Å². The zero-order valence-electron chi connectivity index (χ0n) is 22.0. The molecule has 0 atom stereocenters. The summed E-state index contributed by atoms with van der Waals surface area (Å²) in [7, 11) is -4.67. The fraction of sp³-hybridized carbons (Fsp3) is 0.208. The van der Waals surface area contributed by atoms with Crippen LogP contribution in [0.25, 0.3) is 22.8 Å². The quantitative estimate of drug-likeness (QED) is 0.117. The molecule has 11 nitrogen and oxygen atoms in total. The number of hydrogen-bond donors (Lipinski definition) is 2. The van der Waals surface area contributed by atoms with Gasteiger partial charge >= 0.3 is 10.4 Å². The van der Waals surface area contributed by atoms with E-state index in [0.29, 0.717) is 34.4 Å². The van der Waals surface area contributed by atoms with E-state index in [9.17, 15) is 4.79 Å². The summed E-state index contributed by atoms with van der Waals surface area (Å²) < 4.78 is 28.2. The summed E-state index contributed by atoms with van der Waals surface area (Å²) in [5, 5.41) is 0. The number of halogens is 8. The molecule has 0 saturated heterocycles. The molecule has 0 bridgehead atoms. The predicted molar refractivity (Wildman–Crippen MR) is 172 cm³/mol. The fourth-order valence-electron chi connectivity index (χ4n) is 2.96. The van der Waals surface area contributed by atoms with Gasteiger partial charge in [0.2, 0.25) is 7.59 Å². The lowest BCUT2D eigenvalue weighted by molar-refractivity contribution is 0.112. The highest BCUT2D eigenvalue weighted by atomic mass is 35.6. The summed E-state index contributed by atoms with van der Waals surface area (Å²) in [5.74, 6) is 1.89. The molecule has 0 saturated carbocycles. The molecule has 0 radical (unpaired) electrons. The van der Waals surface area contributed by atoms with Crippen molar-refractivity contribution in [2.75, 3.05) is 0 Å². The summed E-state index contributed by atoms with van der Waals surface area (Å²) in [6, 6.07) is 13.9. The number of aromatic nitrogens is 6. The molecule has 4 rings (SSSR count). The van der Waals surface area contributed by atoms with Gasteiger partial charge in [0.05, 0.1) is 0 Å². The van der Waals surface area contributed by atoms with Gasteiger partial charge in [-0.1, -0.05) is 118 Å². The minimum absolute atomic E-state index is 0.0689. The average Bonchev–Trinajstić information content (AvgIpc) is 2.91. The number of rotatable bonds is 4. The van der Waals surface area contributed by atoms with E-state index in [1.807, 2.05) is 0 Å². The number of aryl methyl sites for hydroxylation is 2. The average molecular weight is 786 g/mol. The molecule has 0 unspecified atom stereocenters. The van der Waals surface area contributed by atoms with Crippen LogP contribution in [0.15, 0.2) is 48.5 Å². The van der Waals surface area contributed by atoms with E-state index in [2.05, 4.69) is 29.9 Å². The molecule has 0 aliphatic rings. The molecule has 0 spiro atoms. The van der Waals surface area contributed by atoms with E-state index in [1.165, 1.54) is 0 Å². The van der Waals surface area contributed by atoms with E-state index in [0.717, 1.165) is 17.4 Å². The monoisotopic (exact) mass is 782 g/mol. The number of nitrogens with zero attached hydrogens (tertiary/aromatic N) is 6. The summed E-state index contributed by atoms with van der Waals surface area (Å²) in [6.45, 7) is 3.39. The highest BCUT2D eigenvalue weighted by molar-refractivity contribution is 7.79. The van der Waals surface area contributed by atoms with E-state index in [4.69, 9.17) is 110 Å². The van der Waals surface area contributed by atoms with Gasteiger partial charge in [0, 0.05) is 16.7 Å². The van der Waals surface area contributed by atoms with Crippen LogP contribution in [0.5, 0.6) is 0 Å². The van der Waals surface area contributed by atoms with Crippen molar-refractivity contribution in [1.29, 1.82) is 0 Å². The van der Waals surface area contributed by atoms with Crippen molar-refractivity contribution in [3.63, 3.8) is 0 Å². The summed E-state index contributed by atoms with van der Waals surface area (Å²) in [5.41, 5.74) is 2.82. The van der Waals surface area contributed by atoms with Crippen LogP contribution in [0.1, 0.15) is 44.1 Å². The Kier molecular flexibility index (Phi) is 14.2. The lowest BCUT2D eigenvalue weighted by Gasteiger charge is -2.11. The van der Waals surface area contributed by atoms with Crippen LogP contribution >= 0.6 is 92.8 Å². The number of aldehydes is 1. The number of alkyl halides is 8. The third-order valence-electron chi connectivity index (χ3n) is 4.73. The smallest absolute Gasteiger partial charge is 0.298 e. The molecule has 0 aliphatic carbocycles. The fourth-order valence-corrected chi connectivity index (χ4v) is 3.76.